The van der Waals surface area contributed by atoms with Gasteiger partial charge in [-0.15, -0.1) is 0 Å². The fourth-order valence-electron chi connectivity index (χ4n) is 5.76. The normalized spacial score (nSPS) is 13.3. The number of nitrogens with one attached hydrogen (secondary N) is 1. The second-order valence-corrected chi connectivity index (χ2v) is 14.1. The van der Waals surface area contributed by atoms with E-state index >= 15 is 0 Å². The second-order valence-electron chi connectivity index (χ2n) is 12.9. The topological polar surface area (TPSA) is 116 Å². The highest BCUT2D eigenvalue weighted by atomic mass is 31.2. The van der Waals surface area contributed by atoms with Crippen LogP contribution in [0.2, 0.25) is 0 Å². The molecule has 0 saturated carbocycles. The lowest BCUT2D eigenvalue weighted by Crippen LogP contribution is -2.46. The number of hydrogen-bond donors (Lipinski definition) is 4. The van der Waals surface area contributed by atoms with Crippen molar-refractivity contribution in [3.05, 3.63) is 0 Å². The number of rotatable bonds is 34. The van der Waals surface area contributed by atoms with Gasteiger partial charge in [0.05, 0.1) is 18.8 Å². The number of unbranched alkanes of at least 4 members (excludes halogenated alkanes) is 25. The van der Waals surface area contributed by atoms with Gasteiger partial charge in [0.2, 0.25) is 5.91 Å². The van der Waals surface area contributed by atoms with Crippen LogP contribution in [0.5, 0.6) is 0 Å². The van der Waals surface area contributed by atoms with Crippen LogP contribution in [-0.4, -0.2) is 39.6 Å². The molecule has 0 radical (unpaired) electrons. The van der Waals surface area contributed by atoms with E-state index in [0.717, 1.165) is 38.5 Å². The van der Waals surface area contributed by atoms with Crippen LogP contribution in [0.4, 0.5) is 0 Å². The van der Waals surface area contributed by atoms with Gasteiger partial charge in [-0.1, -0.05) is 181 Å². The molecular weight excluding hydrogens is 561 g/mol. The predicted octanol–water partition coefficient (Wildman–Crippen LogP) is 10.3. The smallest absolute Gasteiger partial charge is 0.391 e. The van der Waals surface area contributed by atoms with Crippen molar-refractivity contribution in [2.75, 3.05) is 6.61 Å². The monoisotopic (exact) mass is 634 g/mol. The summed E-state index contributed by atoms with van der Waals surface area (Å²) in [4.78, 5) is 30.7. The van der Waals surface area contributed by atoms with Crippen LogP contribution in [-0.2, 0) is 13.9 Å². The van der Waals surface area contributed by atoms with Crippen molar-refractivity contribution in [2.24, 2.45) is 0 Å². The molecule has 0 spiro atoms. The summed E-state index contributed by atoms with van der Waals surface area (Å²) in [6, 6.07) is -0.815. The Labute approximate surface area is 266 Å². The molecule has 1 amide bonds. The molecule has 0 aromatic carbocycles. The van der Waals surface area contributed by atoms with Gasteiger partial charge in [-0.05, 0) is 12.8 Å². The van der Waals surface area contributed by atoms with Gasteiger partial charge in [-0.3, -0.25) is 9.32 Å². The largest absolute Gasteiger partial charge is 0.469 e. The Morgan fingerprint density at radius 2 is 0.907 bits per heavy atom. The summed E-state index contributed by atoms with van der Waals surface area (Å²) in [5.74, 6) is -0.192. The maximum atomic E-state index is 12.5. The van der Waals surface area contributed by atoms with E-state index in [4.69, 9.17) is 9.79 Å². The molecule has 0 saturated heterocycles. The third-order valence-corrected chi connectivity index (χ3v) is 9.08. The minimum atomic E-state index is -4.68. The molecule has 2 atom stereocenters. The molecule has 0 aliphatic carbocycles. The van der Waals surface area contributed by atoms with Crippen molar-refractivity contribution in [3.8, 4) is 0 Å². The number of aliphatic hydroxyl groups excluding tert-OH is 1. The van der Waals surface area contributed by atoms with Crippen LogP contribution in [0.1, 0.15) is 200 Å². The standard InChI is InChI=1S/C35H72NO6P/c1-3-5-7-9-11-13-15-16-17-18-19-20-21-23-25-27-29-31-35(38)36-33(32-42-43(39,40)41)34(37)30-28-26-24-22-14-12-10-8-6-4-2/h33-34,37H,3-32H2,1-2H3,(H,36,38)(H2,39,40,41)/t33-,34+/m0/s1. The zero-order valence-electron chi connectivity index (χ0n) is 28.4. The summed E-state index contributed by atoms with van der Waals surface area (Å²) in [7, 11) is -4.68. The average Bonchev–Trinajstić information content (AvgIpc) is 2.97. The molecule has 0 aromatic heterocycles. The highest BCUT2D eigenvalue weighted by Gasteiger charge is 2.25. The third-order valence-electron chi connectivity index (χ3n) is 8.59. The molecule has 0 fully saturated rings. The molecule has 258 valence electrons. The first kappa shape index (κ1) is 42.5. The second kappa shape index (κ2) is 31.5. The first-order valence-corrected chi connectivity index (χ1v) is 20.0. The number of phosphoric acid groups is 1. The van der Waals surface area contributed by atoms with E-state index in [1.54, 1.807) is 0 Å². The van der Waals surface area contributed by atoms with E-state index < -0.39 is 26.6 Å². The molecule has 0 bridgehead atoms. The van der Waals surface area contributed by atoms with E-state index in [1.165, 1.54) is 135 Å². The van der Waals surface area contributed by atoms with Crippen LogP contribution in [0.25, 0.3) is 0 Å². The third kappa shape index (κ3) is 32.7. The van der Waals surface area contributed by atoms with Crippen LogP contribution in [0.3, 0.4) is 0 Å². The lowest BCUT2D eigenvalue weighted by molar-refractivity contribution is -0.123. The first-order chi connectivity index (χ1) is 20.8. The van der Waals surface area contributed by atoms with Gasteiger partial charge in [0.1, 0.15) is 0 Å². The molecule has 0 rings (SSSR count). The minimum absolute atomic E-state index is 0.192. The molecular formula is C35H72NO6P. The van der Waals surface area contributed by atoms with Crippen molar-refractivity contribution in [1.82, 2.24) is 5.32 Å². The Hall–Kier alpha value is -0.460. The number of amides is 1. The lowest BCUT2D eigenvalue weighted by atomic mass is 10.0. The predicted molar refractivity (Wildman–Crippen MR) is 181 cm³/mol. The fraction of sp³-hybridized carbons (Fsp3) is 0.971. The van der Waals surface area contributed by atoms with Gasteiger partial charge in [0, 0.05) is 6.42 Å². The van der Waals surface area contributed by atoms with Crippen molar-refractivity contribution < 1.29 is 28.8 Å². The van der Waals surface area contributed by atoms with E-state index in [-0.39, 0.29) is 5.91 Å². The molecule has 4 N–H and O–H groups in total. The van der Waals surface area contributed by atoms with Gasteiger partial charge in [-0.2, -0.15) is 0 Å². The molecule has 0 aliphatic heterocycles. The quantitative estimate of drug-likeness (QED) is 0.0414. The van der Waals surface area contributed by atoms with Crippen molar-refractivity contribution >= 4 is 13.7 Å². The lowest BCUT2D eigenvalue weighted by Gasteiger charge is -2.24. The SMILES string of the molecule is CCCCCCCCCCCCCCCCCCCC(=O)N[C@@H](COP(=O)(O)O)[C@H](O)CCCCCCCCCCCC. The summed E-state index contributed by atoms with van der Waals surface area (Å²) in [5.41, 5.74) is 0. The Morgan fingerprint density at radius 1 is 0.581 bits per heavy atom. The molecule has 0 aliphatic rings. The number of hydrogen-bond acceptors (Lipinski definition) is 4. The summed E-state index contributed by atoms with van der Waals surface area (Å²) >= 11 is 0. The van der Waals surface area contributed by atoms with Crippen LogP contribution in [0.15, 0.2) is 0 Å². The number of aliphatic hydroxyl groups is 1. The highest BCUT2D eigenvalue weighted by Crippen LogP contribution is 2.36. The molecule has 7 nitrogen and oxygen atoms in total. The van der Waals surface area contributed by atoms with Gasteiger partial charge in [-0.25, -0.2) is 4.57 Å². The average molecular weight is 634 g/mol. The fourth-order valence-corrected chi connectivity index (χ4v) is 6.11. The number of carbonyl (C=O) groups is 1. The van der Waals surface area contributed by atoms with E-state index in [2.05, 4.69) is 23.7 Å². The van der Waals surface area contributed by atoms with Gasteiger partial charge >= 0.3 is 7.82 Å². The van der Waals surface area contributed by atoms with Gasteiger partial charge in [0.15, 0.2) is 0 Å². The van der Waals surface area contributed by atoms with E-state index in [1.807, 2.05) is 0 Å². The Bertz CT molecular complexity index is 644. The summed E-state index contributed by atoms with van der Waals surface area (Å²) in [6.45, 7) is 4.10. The molecule has 8 heteroatoms. The Morgan fingerprint density at radius 3 is 1.26 bits per heavy atom. The van der Waals surface area contributed by atoms with Crippen molar-refractivity contribution in [3.63, 3.8) is 0 Å². The first-order valence-electron chi connectivity index (χ1n) is 18.5. The summed E-state index contributed by atoms with van der Waals surface area (Å²) < 4.78 is 15.9. The zero-order valence-corrected chi connectivity index (χ0v) is 29.3. The molecule has 0 unspecified atom stereocenters. The molecule has 0 aromatic rings. The Balaban J connectivity index is 3.90. The Kier molecular flexibility index (Phi) is 31.2. The minimum Gasteiger partial charge on any atom is -0.391 e. The van der Waals surface area contributed by atoms with Crippen molar-refractivity contribution in [1.29, 1.82) is 0 Å². The van der Waals surface area contributed by atoms with E-state index in [9.17, 15) is 14.5 Å². The van der Waals surface area contributed by atoms with E-state index in [0.29, 0.717) is 12.8 Å². The molecule has 43 heavy (non-hydrogen) atoms. The zero-order chi connectivity index (χ0) is 31.9. The summed E-state index contributed by atoms with van der Waals surface area (Å²) in [5, 5.41) is 13.4. The van der Waals surface area contributed by atoms with Crippen molar-refractivity contribution in [2.45, 2.75) is 212 Å². The van der Waals surface area contributed by atoms with Crippen LogP contribution in [0, 0.1) is 0 Å². The maximum absolute atomic E-state index is 12.5. The van der Waals surface area contributed by atoms with Gasteiger partial charge in [0.25, 0.3) is 0 Å². The number of phosphoric ester groups is 1. The van der Waals surface area contributed by atoms with Gasteiger partial charge < -0.3 is 20.2 Å². The van der Waals surface area contributed by atoms with Crippen LogP contribution >= 0.6 is 7.82 Å². The maximum Gasteiger partial charge on any atom is 0.469 e. The number of carbonyl (C=O) groups excluding carboxylic acids is 1. The summed E-state index contributed by atoms with van der Waals surface area (Å²) in [6.07, 6.45) is 33.7. The van der Waals surface area contributed by atoms with Crippen LogP contribution < -0.4 is 5.32 Å². The highest BCUT2D eigenvalue weighted by molar-refractivity contribution is 7.46. The molecule has 0 heterocycles.